The molecule has 10 heteroatoms. The minimum absolute atomic E-state index is 0.0848. The number of benzene rings is 1. The summed E-state index contributed by atoms with van der Waals surface area (Å²) in [7, 11) is -5.85. The van der Waals surface area contributed by atoms with E-state index >= 15 is 0 Å². The lowest BCUT2D eigenvalue weighted by Crippen LogP contribution is -2.26. The second-order valence-electron chi connectivity index (χ2n) is 3.74. The SMILES string of the molecule is CNS(=O)(=O)CCNc1cc(S(N)(=O)=O)ccc1N. The Labute approximate surface area is 112 Å². The van der Waals surface area contributed by atoms with Crippen LogP contribution in [0.2, 0.25) is 0 Å². The van der Waals surface area contributed by atoms with Gasteiger partial charge in [-0.15, -0.1) is 0 Å². The normalized spacial score (nSPS) is 12.3. The Bertz CT molecular complexity index is 655. The molecule has 8 nitrogen and oxygen atoms in total. The van der Waals surface area contributed by atoms with E-state index in [1.54, 1.807) is 0 Å². The zero-order valence-electron chi connectivity index (χ0n) is 10.3. The van der Waals surface area contributed by atoms with E-state index in [4.69, 9.17) is 10.9 Å². The lowest BCUT2D eigenvalue weighted by atomic mass is 10.2. The first-order valence-electron chi connectivity index (χ1n) is 5.23. The zero-order chi connectivity index (χ0) is 14.7. The molecule has 1 rings (SSSR count). The fourth-order valence-corrected chi connectivity index (χ4v) is 2.40. The highest BCUT2D eigenvalue weighted by Gasteiger charge is 2.11. The van der Waals surface area contributed by atoms with Gasteiger partial charge in [0.2, 0.25) is 20.0 Å². The third kappa shape index (κ3) is 4.67. The summed E-state index contributed by atoms with van der Waals surface area (Å²) in [6, 6.07) is 3.92. The van der Waals surface area contributed by atoms with Crippen molar-refractivity contribution < 1.29 is 16.8 Å². The van der Waals surface area contributed by atoms with Crippen LogP contribution in [0.15, 0.2) is 23.1 Å². The average Bonchev–Trinajstić information content (AvgIpc) is 2.30. The molecule has 0 saturated carbocycles. The molecule has 1 aromatic carbocycles. The van der Waals surface area contributed by atoms with Crippen LogP contribution in [0, 0.1) is 0 Å². The Morgan fingerprint density at radius 2 is 1.84 bits per heavy atom. The predicted octanol–water partition coefficient (Wildman–Crippen LogP) is -1.12. The van der Waals surface area contributed by atoms with Crippen LogP contribution in [0.1, 0.15) is 0 Å². The molecule has 0 atom stereocenters. The van der Waals surface area contributed by atoms with Crippen LogP contribution in [-0.4, -0.2) is 36.2 Å². The maximum atomic E-state index is 11.2. The minimum Gasteiger partial charge on any atom is -0.397 e. The first-order valence-corrected chi connectivity index (χ1v) is 8.43. The van der Waals surface area contributed by atoms with E-state index in [2.05, 4.69) is 10.0 Å². The van der Waals surface area contributed by atoms with Crippen molar-refractivity contribution in [2.45, 2.75) is 4.90 Å². The predicted molar refractivity (Wildman–Crippen MR) is 73.6 cm³/mol. The summed E-state index contributed by atoms with van der Waals surface area (Å²) in [4.78, 5) is -0.0966. The standard InChI is InChI=1S/C9H16N4O4S2/c1-12-18(14,15)5-4-13-9-6-7(19(11,16)17)2-3-8(9)10/h2-3,6,12-13H,4-5,10H2,1H3,(H2,11,16,17). The van der Waals surface area contributed by atoms with Crippen LogP contribution in [0.4, 0.5) is 11.4 Å². The Balaban J connectivity index is 2.85. The maximum absolute atomic E-state index is 11.2. The summed E-state index contributed by atoms with van der Waals surface area (Å²) in [5.74, 6) is -0.164. The van der Waals surface area contributed by atoms with Gasteiger partial charge in [-0.05, 0) is 25.2 Å². The number of anilines is 2. The third-order valence-electron chi connectivity index (χ3n) is 2.35. The molecule has 1 aromatic rings. The van der Waals surface area contributed by atoms with Crippen molar-refractivity contribution in [3.8, 4) is 0 Å². The van der Waals surface area contributed by atoms with Crippen molar-refractivity contribution in [3.63, 3.8) is 0 Å². The van der Waals surface area contributed by atoms with Gasteiger partial charge in [0, 0.05) is 6.54 Å². The van der Waals surface area contributed by atoms with E-state index in [0.29, 0.717) is 11.4 Å². The zero-order valence-corrected chi connectivity index (χ0v) is 11.9. The second kappa shape index (κ2) is 5.74. The molecule has 6 N–H and O–H groups in total. The van der Waals surface area contributed by atoms with Gasteiger partial charge in [-0.2, -0.15) is 0 Å². The highest BCUT2D eigenvalue weighted by molar-refractivity contribution is 7.89. The molecule has 0 bridgehead atoms. The summed E-state index contributed by atoms with van der Waals surface area (Å²) in [6.07, 6.45) is 0. The maximum Gasteiger partial charge on any atom is 0.238 e. The van der Waals surface area contributed by atoms with Crippen molar-refractivity contribution in [1.29, 1.82) is 0 Å². The number of nitrogen functional groups attached to an aromatic ring is 1. The Morgan fingerprint density at radius 1 is 1.21 bits per heavy atom. The van der Waals surface area contributed by atoms with E-state index in [1.165, 1.54) is 25.2 Å². The fraction of sp³-hybridized carbons (Fsp3) is 0.333. The smallest absolute Gasteiger partial charge is 0.238 e. The van der Waals surface area contributed by atoms with Gasteiger partial charge in [0.1, 0.15) is 0 Å². The molecule has 0 aliphatic heterocycles. The van der Waals surface area contributed by atoms with Crippen molar-refractivity contribution in [1.82, 2.24) is 4.72 Å². The van der Waals surface area contributed by atoms with E-state index in [-0.39, 0.29) is 17.2 Å². The molecule has 108 valence electrons. The van der Waals surface area contributed by atoms with E-state index < -0.39 is 20.0 Å². The highest BCUT2D eigenvalue weighted by Crippen LogP contribution is 2.21. The minimum atomic E-state index is -3.83. The molecular formula is C9H16N4O4S2. The Morgan fingerprint density at radius 3 is 2.37 bits per heavy atom. The Kier molecular flexibility index (Phi) is 4.74. The van der Waals surface area contributed by atoms with Crippen LogP contribution >= 0.6 is 0 Å². The molecule has 0 fully saturated rings. The summed E-state index contributed by atoms with van der Waals surface area (Å²) in [5.41, 5.74) is 6.27. The van der Waals surface area contributed by atoms with Gasteiger partial charge in [0.15, 0.2) is 0 Å². The topological polar surface area (TPSA) is 144 Å². The summed E-state index contributed by atoms with van der Waals surface area (Å²) >= 11 is 0. The summed E-state index contributed by atoms with van der Waals surface area (Å²) in [6.45, 7) is 0.0848. The number of primary sulfonamides is 1. The number of nitrogens with two attached hydrogens (primary N) is 2. The van der Waals surface area contributed by atoms with Gasteiger partial charge in [-0.25, -0.2) is 26.7 Å². The van der Waals surface area contributed by atoms with Gasteiger partial charge < -0.3 is 11.1 Å². The lowest BCUT2D eigenvalue weighted by molar-refractivity contribution is 0.588. The van der Waals surface area contributed by atoms with Gasteiger partial charge >= 0.3 is 0 Å². The number of sulfonamides is 2. The van der Waals surface area contributed by atoms with E-state index in [9.17, 15) is 16.8 Å². The first-order chi connectivity index (χ1) is 8.65. The molecule has 0 unspecified atom stereocenters. The molecule has 19 heavy (non-hydrogen) atoms. The van der Waals surface area contributed by atoms with Crippen molar-refractivity contribution in [2.24, 2.45) is 5.14 Å². The number of nitrogens with one attached hydrogen (secondary N) is 2. The number of hydrogen-bond acceptors (Lipinski definition) is 6. The summed E-state index contributed by atoms with van der Waals surface area (Å²) < 4.78 is 46.9. The molecule has 0 amide bonds. The monoisotopic (exact) mass is 308 g/mol. The number of hydrogen-bond donors (Lipinski definition) is 4. The lowest BCUT2D eigenvalue weighted by Gasteiger charge is -2.10. The van der Waals surface area contributed by atoms with E-state index in [0.717, 1.165) is 0 Å². The van der Waals surface area contributed by atoms with Crippen LogP contribution < -0.4 is 20.9 Å². The van der Waals surface area contributed by atoms with Gasteiger partial charge in [0.25, 0.3) is 0 Å². The Hall–Kier alpha value is -1.36. The molecule has 0 aliphatic rings. The average molecular weight is 308 g/mol. The molecule has 0 aromatic heterocycles. The van der Waals surface area contributed by atoms with Crippen molar-refractivity contribution in [2.75, 3.05) is 30.4 Å². The van der Waals surface area contributed by atoms with Gasteiger partial charge in [-0.3, -0.25) is 0 Å². The summed E-state index contributed by atoms with van der Waals surface area (Å²) in [5, 5.41) is 7.74. The number of rotatable bonds is 6. The molecular weight excluding hydrogens is 292 g/mol. The first kappa shape index (κ1) is 15.7. The molecule has 0 spiro atoms. The van der Waals surface area contributed by atoms with Crippen LogP contribution in [0.25, 0.3) is 0 Å². The molecule has 0 heterocycles. The third-order valence-corrected chi connectivity index (χ3v) is 4.63. The van der Waals surface area contributed by atoms with Crippen LogP contribution in [0.5, 0.6) is 0 Å². The molecule has 0 aliphatic carbocycles. The molecule has 0 radical (unpaired) electrons. The van der Waals surface area contributed by atoms with Crippen LogP contribution in [-0.2, 0) is 20.0 Å². The quantitative estimate of drug-likeness (QED) is 0.490. The van der Waals surface area contributed by atoms with Crippen molar-refractivity contribution in [3.05, 3.63) is 18.2 Å². The highest BCUT2D eigenvalue weighted by atomic mass is 32.2. The fourth-order valence-electron chi connectivity index (χ4n) is 1.29. The molecule has 0 saturated heterocycles. The second-order valence-corrected chi connectivity index (χ2v) is 7.35. The van der Waals surface area contributed by atoms with Gasteiger partial charge in [0.05, 0.1) is 22.0 Å². The van der Waals surface area contributed by atoms with Gasteiger partial charge in [-0.1, -0.05) is 0 Å². The van der Waals surface area contributed by atoms with Crippen LogP contribution in [0.3, 0.4) is 0 Å². The van der Waals surface area contributed by atoms with Crippen molar-refractivity contribution >= 4 is 31.4 Å². The van der Waals surface area contributed by atoms with E-state index in [1.807, 2.05) is 0 Å². The largest absolute Gasteiger partial charge is 0.397 e.